The number of benzene rings is 1. The Balaban J connectivity index is 2.06. The lowest BCUT2D eigenvalue weighted by Gasteiger charge is -2.24. The average molecular weight is 513 g/mol. The van der Waals surface area contributed by atoms with Gasteiger partial charge in [-0.2, -0.15) is 13.2 Å². The van der Waals surface area contributed by atoms with Crippen LogP contribution in [-0.4, -0.2) is 42.0 Å². The van der Waals surface area contributed by atoms with Crippen LogP contribution in [0, 0.1) is 5.92 Å². The van der Waals surface area contributed by atoms with Gasteiger partial charge in [0.2, 0.25) is 5.91 Å². The lowest BCUT2D eigenvalue weighted by molar-refractivity contribution is -0.189. The fourth-order valence-electron chi connectivity index (χ4n) is 3.46. The molecule has 3 rings (SSSR count). The first-order chi connectivity index (χ1) is 16.5. The van der Waals surface area contributed by atoms with Gasteiger partial charge in [-0.05, 0) is 61.7 Å². The minimum absolute atomic E-state index is 0.124. The first kappa shape index (κ1) is 26.4. The number of anilines is 2. The van der Waals surface area contributed by atoms with Crippen LogP contribution in [0.15, 0.2) is 30.5 Å². The summed E-state index contributed by atoms with van der Waals surface area (Å²) in [6.07, 6.45) is -2.97. The lowest BCUT2D eigenvalue weighted by atomic mass is 9.95. The van der Waals surface area contributed by atoms with E-state index in [2.05, 4.69) is 25.7 Å². The van der Waals surface area contributed by atoms with Gasteiger partial charge in [0.25, 0.3) is 5.91 Å². The van der Waals surface area contributed by atoms with Crippen LogP contribution in [0.1, 0.15) is 48.5 Å². The molecule has 0 aliphatic carbocycles. The normalized spacial score (nSPS) is 14.5. The lowest BCUT2D eigenvalue weighted by Crippen LogP contribution is -2.35. The highest BCUT2D eigenvalue weighted by Gasteiger charge is 2.42. The molecule has 12 heteroatoms. The summed E-state index contributed by atoms with van der Waals surface area (Å²) in [6, 6.07) is 5.57. The summed E-state index contributed by atoms with van der Waals surface area (Å²) < 4.78 is 43.6. The number of nitrogens with zero attached hydrogens (tertiary/aromatic N) is 1. The number of aromatic nitrogens is 1. The van der Waals surface area contributed by atoms with Gasteiger partial charge >= 0.3 is 12.1 Å². The number of rotatable bonds is 6. The molecule has 0 radical (unpaired) electrons. The average Bonchev–Trinajstić information content (AvgIpc) is 2.81. The van der Waals surface area contributed by atoms with Crippen LogP contribution >= 0.6 is 11.6 Å². The van der Waals surface area contributed by atoms with Crippen molar-refractivity contribution in [2.45, 2.75) is 38.8 Å². The quantitative estimate of drug-likeness (QED) is 0.388. The summed E-state index contributed by atoms with van der Waals surface area (Å²) in [5, 5.41) is 8.50. The summed E-state index contributed by atoms with van der Waals surface area (Å²) >= 11 is 5.82. The second-order valence-electron chi connectivity index (χ2n) is 8.31. The molecule has 8 nitrogen and oxygen atoms in total. The van der Waals surface area contributed by atoms with Crippen molar-refractivity contribution >= 4 is 40.9 Å². The van der Waals surface area contributed by atoms with Gasteiger partial charge in [-0.15, -0.1) is 0 Å². The van der Waals surface area contributed by atoms with E-state index >= 15 is 0 Å². The van der Waals surface area contributed by atoms with Crippen LogP contribution in [0.2, 0.25) is 5.02 Å². The number of ether oxygens (including phenoxy) is 1. The van der Waals surface area contributed by atoms with Crippen molar-refractivity contribution < 1.29 is 32.3 Å². The molecule has 1 fully saturated rings. The number of carbonyl (C=O) groups is 3. The maximum absolute atomic E-state index is 13.2. The predicted octanol–water partition coefficient (Wildman–Crippen LogP) is 4.52. The van der Waals surface area contributed by atoms with E-state index in [-0.39, 0.29) is 23.0 Å². The molecule has 1 aliphatic rings. The third kappa shape index (κ3) is 6.92. The van der Waals surface area contributed by atoms with Crippen molar-refractivity contribution in [3.05, 3.63) is 46.6 Å². The van der Waals surface area contributed by atoms with Crippen molar-refractivity contribution in [1.82, 2.24) is 10.3 Å². The molecule has 0 spiro atoms. The zero-order valence-electron chi connectivity index (χ0n) is 19.0. The molecule has 3 N–H and O–H groups in total. The molecule has 0 unspecified atom stereocenters. The Labute approximate surface area is 204 Å². The zero-order valence-corrected chi connectivity index (χ0v) is 19.7. The summed E-state index contributed by atoms with van der Waals surface area (Å²) in [6.45, 7) is 4.69. The maximum Gasteiger partial charge on any atom is 0.491 e. The molecular weight excluding hydrogens is 489 g/mol. The Kier molecular flexibility index (Phi) is 8.34. The number of esters is 1. The Hall–Kier alpha value is -3.18. The predicted molar refractivity (Wildman–Crippen MR) is 124 cm³/mol. The molecule has 2 amide bonds. The highest BCUT2D eigenvalue weighted by atomic mass is 35.5. The standard InChI is InChI=1S/C23H24ClF3N4O4/c1-12(2)14-9-16(21(33)30-18-4-3-15(24)11-29-18)19(17(10-14)35-22(34)23(25,26)27)31-20(32)13-5-7-28-8-6-13/h3-4,9-13,28H,5-8H2,1-2H3,(H,31,32)(H,29,30,33). The van der Waals surface area contributed by atoms with Gasteiger partial charge in [0, 0.05) is 12.1 Å². The van der Waals surface area contributed by atoms with Gasteiger partial charge in [0.15, 0.2) is 5.75 Å². The van der Waals surface area contributed by atoms with Crippen LogP contribution in [0.3, 0.4) is 0 Å². The first-order valence-corrected chi connectivity index (χ1v) is 11.2. The topological polar surface area (TPSA) is 109 Å². The molecule has 0 atom stereocenters. The minimum Gasteiger partial charge on any atom is -0.418 e. The Morgan fingerprint density at radius 2 is 1.83 bits per heavy atom. The van der Waals surface area contributed by atoms with Crippen LogP contribution in [-0.2, 0) is 9.59 Å². The van der Waals surface area contributed by atoms with Crippen LogP contribution in [0.4, 0.5) is 24.7 Å². The van der Waals surface area contributed by atoms with E-state index in [1.165, 1.54) is 30.5 Å². The van der Waals surface area contributed by atoms with E-state index in [0.29, 0.717) is 36.5 Å². The monoisotopic (exact) mass is 512 g/mol. The van der Waals surface area contributed by atoms with E-state index in [1.807, 2.05) is 0 Å². The molecule has 1 saturated heterocycles. The summed E-state index contributed by atoms with van der Waals surface area (Å²) in [5.41, 5.74) is -0.0914. The van der Waals surface area contributed by atoms with Crippen LogP contribution in [0.25, 0.3) is 0 Å². The van der Waals surface area contributed by atoms with Crippen molar-refractivity contribution in [3.63, 3.8) is 0 Å². The van der Waals surface area contributed by atoms with Gasteiger partial charge in [-0.3, -0.25) is 9.59 Å². The second kappa shape index (κ2) is 11.0. The van der Waals surface area contributed by atoms with Crippen molar-refractivity contribution in [2.24, 2.45) is 5.92 Å². The number of halogens is 4. The molecule has 2 heterocycles. The number of nitrogens with one attached hydrogen (secondary N) is 3. The fraction of sp³-hybridized carbons (Fsp3) is 0.391. The third-order valence-corrected chi connectivity index (χ3v) is 5.62. The molecular formula is C23H24ClF3N4O4. The Morgan fingerprint density at radius 1 is 1.14 bits per heavy atom. The van der Waals surface area contributed by atoms with E-state index in [0.717, 1.165) is 0 Å². The Bertz CT molecular complexity index is 1100. The molecule has 0 saturated carbocycles. The van der Waals surface area contributed by atoms with E-state index in [1.54, 1.807) is 13.8 Å². The van der Waals surface area contributed by atoms with Gasteiger partial charge in [0.05, 0.1) is 16.3 Å². The molecule has 188 valence electrons. The third-order valence-electron chi connectivity index (χ3n) is 5.40. The van der Waals surface area contributed by atoms with Crippen LogP contribution in [0.5, 0.6) is 5.75 Å². The fourth-order valence-corrected chi connectivity index (χ4v) is 3.57. The van der Waals surface area contributed by atoms with Gasteiger partial charge < -0.3 is 20.7 Å². The van der Waals surface area contributed by atoms with E-state index < -0.39 is 35.6 Å². The van der Waals surface area contributed by atoms with E-state index in [9.17, 15) is 27.6 Å². The second-order valence-corrected chi connectivity index (χ2v) is 8.75. The first-order valence-electron chi connectivity index (χ1n) is 10.9. The highest BCUT2D eigenvalue weighted by molar-refractivity contribution is 6.30. The molecule has 1 aromatic heterocycles. The molecule has 1 aromatic carbocycles. The minimum atomic E-state index is -5.28. The summed E-state index contributed by atoms with van der Waals surface area (Å²) in [5.74, 6) is -4.86. The smallest absolute Gasteiger partial charge is 0.418 e. The molecule has 2 aromatic rings. The number of piperidine rings is 1. The number of carbonyl (C=O) groups excluding carboxylic acids is 3. The number of pyridine rings is 1. The highest BCUT2D eigenvalue weighted by Crippen LogP contribution is 2.36. The maximum atomic E-state index is 13.2. The number of amides is 2. The van der Waals surface area contributed by atoms with Crippen LogP contribution < -0.4 is 20.7 Å². The van der Waals surface area contributed by atoms with Crippen molar-refractivity contribution in [2.75, 3.05) is 23.7 Å². The zero-order chi connectivity index (χ0) is 25.8. The van der Waals surface area contributed by atoms with Crippen molar-refractivity contribution in [1.29, 1.82) is 0 Å². The van der Waals surface area contributed by atoms with Gasteiger partial charge in [-0.25, -0.2) is 9.78 Å². The van der Waals surface area contributed by atoms with E-state index in [4.69, 9.17) is 11.6 Å². The SMILES string of the molecule is CC(C)c1cc(OC(=O)C(F)(F)F)c(NC(=O)C2CCNCC2)c(C(=O)Nc2ccc(Cl)cn2)c1. The number of hydrogen-bond acceptors (Lipinski definition) is 6. The van der Waals surface area contributed by atoms with Gasteiger partial charge in [0.1, 0.15) is 5.82 Å². The van der Waals surface area contributed by atoms with Gasteiger partial charge in [-0.1, -0.05) is 25.4 Å². The summed E-state index contributed by atoms with van der Waals surface area (Å²) in [7, 11) is 0. The number of alkyl halides is 3. The number of hydrogen-bond donors (Lipinski definition) is 3. The molecule has 0 bridgehead atoms. The summed E-state index contributed by atoms with van der Waals surface area (Å²) in [4.78, 5) is 41.8. The van der Waals surface area contributed by atoms with Crippen molar-refractivity contribution in [3.8, 4) is 5.75 Å². The molecule has 35 heavy (non-hydrogen) atoms. The Morgan fingerprint density at radius 3 is 2.40 bits per heavy atom. The molecule has 1 aliphatic heterocycles. The largest absolute Gasteiger partial charge is 0.491 e.